The Labute approximate surface area is 240 Å². The lowest BCUT2D eigenvalue weighted by Crippen LogP contribution is -2.52. The van der Waals surface area contributed by atoms with Crippen LogP contribution in [-0.2, 0) is 33.1 Å². The van der Waals surface area contributed by atoms with Crippen LogP contribution in [0.2, 0.25) is 0 Å². The first kappa shape index (κ1) is 31.0. The summed E-state index contributed by atoms with van der Waals surface area (Å²) in [5, 5.41) is 9.77. The van der Waals surface area contributed by atoms with Crippen molar-refractivity contribution in [3.63, 3.8) is 0 Å². The van der Waals surface area contributed by atoms with Gasteiger partial charge in [-0.15, -0.1) is 11.8 Å². The fraction of sp³-hybridized carbons (Fsp3) is 0.567. The first-order chi connectivity index (χ1) is 18.6. The number of ketones is 1. The van der Waals surface area contributed by atoms with Crippen LogP contribution < -0.4 is 15.4 Å². The van der Waals surface area contributed by atoms with Crippen molar-refractivity contribution in [2.75, 3.05) is 5.75 Å². The van der Waals surface area contributed by atoms with Gasteiger partial charge in [-0.3, -0.25) is 9.59 Å². The van der Waals surface area contributed by atoms with Gasteiger partial charge in [0.2, 0.25) is 5.91 Å². The molecule has 3 rings (SSSR count). The fourth-order valence-corrected chi connectivity index (χ4v) is 6.26. The van der Waals surface area contributed by atoms with Crippen LogP contribution in [0.5, 0.6) is 5.75 Å². The van der Waals surface area contributed by atoms with Gasteiger partial charge < -0.3 is 20.1 Å². The van der Waals surface area contributed by atoms with Crippen LogP contribution in [0.3, 0.4) is 0 Å². The number of benzene rings is 1. The van der Waals surface area contributed by atoms with E-state index in [4.69, 9.17) is 9.47 Å². The van der Waals surface area contributed by atoms with Gasteiger partial charge in [-0.25, -0.2) is 4.79 Å². The molecule has 1 aliphatic rings. The number of unbranched alkanes of at least 4 members (excludes halogenated alkanes) is 1. The molecule has 0 bridgehead atoms. The van der Waals surface area contributed by atoms with Gasteiger partial charge in [-0.1, -0.05) is 51.8 Å². The zero-order chi connectivity index (χ0) is 28.4. The van der Waals surface area contributed by atoms with E-state index in [0.717, 1.165) is 41.9 Å². The highest BCUT2D eigenvalue weighted by atomic mass is 32.2. The molecule has 2 atom stereocenters. The lowest BCUT2D eigenvalue weighted by Gasteiger charge is -2.24. The molecule has 9 heteroatoms. The van der Waals surface area contributed by atoms with Crippen molar-refractivity contribution in [3.8, 4) is 5.75 Å². The molecule has 2 heterocycles. The van der Waals surface area contributed by atoms with E-state index in [1.54, 1.807) is 23.1 Å². The number of fused-ring (bicyclic) bond motifs is 1. The minimum Gasteiger partial charge on any atom is -0.487 e. The smallest absolute Gasteiger partial charge is 0.408 e. The van der Waals surface area contributed by atoms with Gasteiger partial charge in [0.25, 0.3) is 0 Å². The summed E-state index contributed by atoms with van der Waals surface area (Å²) < 4.78 is 11.6. The number of ether oxygens (including phenoxy) is 2. The molecule has 0 fully saturated rings. The lowest BCUT2D eigenvalue weighted by molar-refractivity contribution is -0.128. The third-order valence-electron chi connectivity index (χ3n) is 6.49. The molecule has 214 valence electrons. The molecule has 39 heavy (non-hydrogen) atoms. The summed E-state index contributed by atoms with van der Waals surface area (Å²) in [4.78, 5) is 39.1. The summed E-state index contributed by atoms with van der Waals surface area (Å²) in [6, 6.07) is 6.51. The Morgan fingerprint density at radius 2 is 1.95 bits per heavy atom. The topological polar surface area (TPSA) is 93.7 Å². The van der Waals surface area contributed by atoms with Gasteiger partial charge in [0, 0.05) is 17.7 Å². The number of amides is 2. The molecule has 0 radical (unpaired) electrons. The van der Waals surface area contributed by atoms with Crippen molar-refractivity contribution in [2.45, 2.75) is 96.8 Å². The second-order valence-electron chi connectivity index (χ2n) is 11.1. The van der Waals surface area contributed by atoms with Gasteiger partial charge in [-0.05, 0) is 60.6 Å². The van der Waals surface area contributed by atoms with Gasteiger partial charge in [0.1, 0.15) is 24.0 Å². The maximum Gasteiger partial charge on any atom is 0.408 e. The molecule has 0 spiro atoms. The van der Waals surface area contributed by atoms with Crippen LogP contribution in [0.15, 0.2) is 35.0 Å². The average molecular weight is 575 g/mol. The maximum absolute atomic E-state index is 13.3. The molecule has 7 nitrogen and oxygen atoms in total. The number of Topliss-reactive ketones (excluding diaryl/α,β-unsaturated/α-hetero) is 1. The highest BCUT2D eigenvalue weighted by Crippen LogP contribution is 2.37. The van der Waals surface area contributed by atoms with E-state index in [-0.39, 0.29) is 29.8 Å². The summed E-state index contributed by atoms with van der Waals surface area (Å²) in [6.45, 7) is 10.1. The van der Waals surface area contributed by atoms with Crippen molar-refractivity contribution >= 4 is 40.9 Å². The highest BCUT2D eigenvalue weighted by molar-refractivity contribution is 7.99. The number of thioether (sulfide) groups is 1. The van der Waals surface area contributed by atoms with E-state index in [1.165, 1.54) is 5.56 Å². The number of hydrogen-bond acceptors (Lipinski definition) is 7. The van der Waals surface area contributed by atoms with E-state index in [2.05, 4.69) is 29.0 Å². The second kappa shape index (κ2) is 14.7. The fourth-order valence-electron chi connectivity index (χ4n) is 4.56. The number of carbonyl (C=O) groups excluding carboxylic acids is 3. The number of para-hydroxylation sites is 1. The van der Waals surface area contributed by atoms with Gasteiger partial charge in [0.05, 0.1) is 11.8 Å². The molecule has 1 aromatic carbocycles. The minimum atomic E-state index is -0.801. The first-order valence-corrected chi connectivity index (χ1v) is 15.8. The first-order valence-electron chi connectivity index (χ1n) is 13.7. The third-order valence-corrected chi connectivity index (χ3v) is 8.25. The monoisotopic (exact) mass is 574 g/mol. The Balaban J connectivity index is 1.57. The average Bonchev–Trinajstić information content (AvgIpc) is 3.50. The van der Waals surface area contributed by atoms with Crippen LogP contribution in [-0.4, -0.2) is 41.2 Å². The summed E-state index contributed by atoms with van der Waals surface area (Å²) in [5.41, 5.74) is 2.79. The van der Waals surface area contributed by atoms with Crippen LogP contribution in [0, 0.1) is 5.92 Å². The molecule has 0 saturated heterocycles. The molecule has 2 amide bonds. The summed E-state index contributed by atoms with van der Waals surface area (Å²) in [6.07, 6.45) is 2.88. The van der Waals surface area contributed by atoms with Crippen molar-refractivity contribution in [1.29, 1.82) is 0 Å². The van der Waals surface area contributed by atoms with Crippen LogP contribution in [0.25, 0.3) is 0 Å². The molecular formula is C30H42N2O5S2. The zero-order valence-corrected chi connectivity index (χ0v) is 25.3. The van der Waals surface area contributed by atoms with Gasteiger partial charge >= 0.3 is 6.09 Å². The minimum absolute atomic E-state index is 0.00348. The SMILES string of the molecule is CCCC[C@H](NC(=O)[C@H](CC(C)C)NC(=O)OCc1cccc2c1OC(C)(C)C2)C(=O)CSCc1ccsc1. The van der Waals surface area contributed by atoms with Crippen molar-refractivity contribution in [2.24, 2.45) is 5.92 Å². The Morgan fingerprint density at radius 1 is 1.15 bits per heavy atom. The predicted octanol–water partition coefficient (Wildman–Crippen LogP) is 6.28. The number of alkyl carbamates (subject to hydrolysis) is 1. The molecule has 1 aliphatic heterocycles. The van der Waals surface area contributed by atoms with Crippen molar-refractivity contribution in [1.82, 2.24) is 10.6 Å². The molecule has 0 saturated carbocycles. The number of thiophene rings is 1. The highest BCUT2D eigenvalue weighted by Gasteiger charge is 2.32. The van der Waals surface area contributed by atoms with E-state index >= 15 is 0 Å². The Hall–Kier alpha value is -2.52. The maximum atomic E-state index is 13.3. The van der Waals surface area contributed by atoms with E-state index < -0.39 is 18.2 Å². The molecule has 2 N–H and O–H groups in total. The Kier molecular flexibility index (Phi) is 11.7. The second-order valence-corrected chi connectivity index (χ2v) is 12.9. The number of rotatable bonds is 15. The lowest BCUT2D eigenvalue weighted by atomic mass is 10.0. The van der Waals surface area contributed by atoms with E-state index in [0.29, 0.717) is 18.6 Å². The standard InChI is InChI=1S/C30H42N2O5S2/c1-6-7-11-24(26(33)19-39-18-21-12-13-38-17-21)31-28(34)25(14-20(2)3)32-29(35)36-16-23-10-8-9-22-15-30(4,5)37-27(22)23/h8-10,12-13,17,20,24-25H,6-7,11,14-16,18-19H2,1-5H3,(H,31,34)(H,32,35)/t24-,25-/m0/s1. The largest absolute Gasteiger partial charge is 0.487 e. The molecule has 0 aliphatic carbocycles. The van der Waals surface area contributed by atoms with Crippen molar-refractivity contribution < 1.29 is 23.9 Å². The van der Waals surface area contributed by atoms with Gasteiger partial charge in [-0.2, -0.15) is 11.3 Å². The Morgan fingerprint density at radius 3 is 2.64 bits per heavy atom. The van der Waals surface area contributed by atoms with Crippen LogP contribution in [0.4, 0.5) is 4.79 Å². The van der Waals surface area contributed by atoms with Crippen molar-refractivity contribution in [3.05, 3.63) is 51.7 Å². The summed E-state index contributed by atoms with van der Waals surface area (Å²) >= 11 is 3.19. The van der Waals surface area contributed by atoms with E-state index in [1.807, 2.05) is 51.3 Å². The third kappa shape index (κ3) is 9.87. The van der Waals surface area contributed by atoms with E-state index in [9.17, 15) is 14.4 Å². The number of hydrogen-bond donors (Lipinski definition) is 2. The number of carbonyl (C=O) groups is 3. The normalized spacial score (nSPS) is 15.2. The summed E-state index contributed by atoms with van der Waals surface area (Å²) in [7, 11) is 0. The Bertz CT molecular complexity index is 1100. The van der Waals surface area contributed by atoms with Crippen LogP contribution in [0.1, 0.15) is 77.0 Å². The quantitative estimate of drug-likeness (QED) is 0.260. The summed E-state index contributed by atoms with van der Waals surface area (Å²) in [5.74, 6) is 1.66. The van der Waals surface area contributed by atoms with Crippen LogP contribution >= 0.6 is 23.1 Å². The zero-order valence-electron chi connectivity index (χ0n) is 23.7. The molecule has 0 unspecified atom stereocenters. The molecule has 1 aromatic heterocycles. The number of nitrogens with one attached hydrogen (secondary N) is 2. The predicted molar refractivity (Wildman–Crippen MR) is 158 cm³/mol. The molecular weight excluding hydrogens is 532 g/mol. The molecule has 2 aromatic rings. The van der Waals surface area contributed by atoms with Gasteiger partial charge in [0.15, 0.2) is 5.78 Å².